The first kappa shape index (κ1) is 28.6. The van der Waals surface area contributed by atoms with Crippen LogP contribution in [0.3, 0.4) is 0 Å². The molecule has 0 saturated heterocycles. The second-order valence-corrected chi connectivity index (χ2v) is 13.1. The largest absolute Gasteiger partial charge is 0.308 e. The number of hydrogen-bond acceptors (Lipinski definition) is 4. The Kier molecular flexibility index (Phi) is 8.73. The summed E-state index contributed by atoms with van der Waals surface area (Å²) in [5.74, 6) is -0.0939. The van der Waals surface area contributed by atoms with Gasteiger partial charge in [0, 0.05) is 34.0 Å². The first-order valence-corrected chi connectivity index (χ1v) is 17.1. The van der Waals surface area contributed by atoms with E-state index in [0.717, 1.165) is 85.0 Å². The molecule has 4 aromatic rings. The summed E-state index contributed by atoms with van der Waals surface area (Å²) >= 11 is 3.40. The van der Waals surface area contributed by atoms with Crippen LogP contribution in [0.1, 0.15) is 76.3 Å². The average Bonchev–Trinajstić information content (AvgIpc) is 3.81. The van der Waals surface area contributed by atoms with Crippen molar-refractivity contribution in [1.82, 2.24) is 0 Å². The van der Waals surface area contributed by atoms with Gasteiger partial charge in [-0.2, -0.15) is 0 Å². The van der Waals surface area contributed by atoms with Crippen LogP contribution >= 0.6 is 22.7 Å². The maximum absolute atomic E-state index is 14.3. The van der Waals surface area contributed by atoms with Gasteiger partial charge in [0.2, 0.25) is 0 Å². The third-order valence-corrected chi connectivity index (χ3v) is 10.2. The van der Waals surface area contributed by atoms with Crippen LogP contribution in [-0.4, -0.2) is 24.9 Å². The van der Waals surface area contributed by atoms with Crippen molar-refractivity contribution in [3.8, 4) is 20.9 Å². The van der Waals surface area contributed by atoms with Crippen molar-refractivity contribution in [3.05, 3.63) is 82.6 Å². The van der Waals surface area contributed by atoms with Crippen molar-refractivity contribution in [2.45, 2.75) is 65.2 Å². The van der Waals surface area contributed by atoms with Gasteiger partial charge >= 0.3 is 0 Å². The molecule has 0 aliphatic carbocycles. The molecule has 0 radical (unpaired) electrons. The first-order chi connectivity index (χ1) is 20.6. The Morgan fingerprint density at radius 1 is 0.571 bits per heavy atom. The van der Waals surface area contributed by atoms with Crippen molar-refractivity contribution in [1.29, 1.82) is 0 Å². The highest BCUT2D eigenvalue weighted by molar-refractivity contribution is 7.13. The molecule has 0 unspecified atom stereocenters. The van der Waals surface area contributed by atoms with E-state index in [4.69, 9.17) is 0 Å². The molecule has 2 aliphatic rings. The number of thiophene rings is 2. The Bertz CT molecular complexity index is 1480. The van der Waals surface area contributed by atoms with Crippen LogP contribution in [0.15, 0.2) is 71.4 Å². The quantitative estimate of drug-likeness (QED) is 0.121. The Morgan fingerprint density at radius 2 is 1.02 bits per heavy atom. The highest BCUT2D eigenvalue weighted by atomic mass is 32.1. The van der Waals surface area contributed by atoms with Crippen LogP contribution in [0.4, 0.5) is 11.4 Å². The van der Waals surface area contributed by atoms with Gasteiger partial charge in [0.15, 0.2) is 0 Å². The second kappa shape index (κ2) is 12.8. The Balaban J connectivity index is 1.46. The summed E-state index contributed by atoms with van der Waals surface area (Å²) in [6.07, 6.45) is 8.68. The molecule has 2 aliphatic heterocycles. The molecule has 42 heavy (non-hydrogen) atoms. The molecule has 6 rings (SSSR count). The lowest BCUT2D eigenvalue weighted by molar-refractivity contribution is -0.114. The van der Waals surface area contributed by atoms with E-state index >= 15 is 0 Å². The van der Waals surface area contributed by atoms with E-state index in [1.807, 2.05) is 9.80 Å². The Morgan fingerprint density at radius 3 is 1.40 bits per heavy atom. The fourth-order valence-corrected chi connectivity index (χ4v) is 7.61. The van der Waals surface area contributed by atoms with Gasteiger partial charge in [-0.1, -0.05) is 88.8 Å². The van der Waals surface area contributed by atoms with E-state index in [9.17, 15) is 9.59 Å². The lowest BCUT2D eigenvalue weighted by Crippen LogP contribution is -2.30. The highest BCUT2D eigenvalue weighted by Crippen LogP contribution is 2.48. The molecular weight excluding hydrogens is 557 g/mol. The van der Waals surface area contributed by atoms with Crippen molar-refractivity contribution in [2.24, 2.45) is 0 Å². The predicted octanol–water partition coefficient (Wildman–Crippen LogP) is 9.91. The molecule has 0 N–H and O–H groups in total. The van der Waals surface area contributed by atoms with E-state index in [2.05, 4.69) is 85.3 Å². The average molecular weight is 595 g/mol. The minimum atomic E-state index is -0.0469. The molecule has 4 heterocycles. The van der Waals surface area contributed by atoms with Crippen LogP contribution < -0.4 is 9.80 Å². The molecule has 2 aromatic carbocycles. The lowest BCUT2D eigenvalue weighted by Gasteiger charge is -2.18. The third kappa shape index (κ3) is 5.38. The summed E-state index contributed by atoms with van der Waals surface area (Å²) in [6.45, 7) is 5.73. The van der Waals surface area contributed by atoms with Gasteiger partial charge in [-0.25, -0.2) is 0 Å². The number of rotatable bonds is 12. The summed E-state index contributed by atoms with van der Waals surface area (Å²) in [5.41, 5.74) is 6.94. The van der Waals surface area contributed by atoms with E-state index in [1.54, 1.807) is 22.7 Å². The van der Waals surface area contributed by atoms with E-state index in [-0.39, 0.29) is 11.8 Å². The summed E-state index contributed by atoms with van der Waals surface area (Å²) in [4.78, 5) is 34.9. The van der Waals surface area contributed by atoms with Crippen molar-refractivity contribution in [2.75, 3.05) is 22.9 Å². The molecule has 4 nitrogen and oxygen atoms in total. The normalized spacial score (nSPS) is 16.0. The minimum Gasteiger partial charge on any atom is -0.308 e. The van der Waals surface area contributed by atoms with Crippen molar-refractivity contribution >= 4 is 57.0 Å². The SMILES string of the molecule is CCCCCCN1C(=O)/C(=C2\C(=O)N(CCCCCC)c3cc(-c4cccs4)ccc32)c2ccc(-c3cccs3)cc21. The van der Waals surface area contributed by atoms with Gasteiger partial charge in [-0.05, 0) is 59.0 Å². The zero-order valence-corrected chi connectivity index (χ0v) is 26.2. The third-order valence-electron chi connectivity index (χ3n) is 8.37. The fourth-order valence-electron chi connectivity index (χ4n) is 6.16. The zero-order chi connectivity index (χ0) is 29.1. The summed E-state index contributed by atoms with van der Waals surface area (Å²) in [6, 6.07) is 21.0. The number of nitrogens with zero attached hydrogens (tertiary/aromatic N) is 2. The maximum Gasteiger partial charge on any atom is 0.259 e. The summed E-state index contributed by atoms with van der Waals surface area (Å²) < 4.78 is 0. The number of carbonyl (C=O) groups excluding carboxylic acids is 2. The maximum atomic E-state index is 14.3. The van der Waals surface area contributed by atoms with Gasteiger partial charge in [-0.3, -0.25) is 9.59 Å². The Labute approximate surface area is 257 Å². The smallest absolute Gasteiger partial charge is 0.259 e. The fraction of sp³-hybridized carbons (Fsp3) is 0.333. The van der Waals surface area contributed by atoms with Crippen LogP contribution in [0, 0.1) is 0 Å². The number of hydrogen-bond donors (Lipinski definition) is 0. The van der Waals surface area contributed by atoms with Gasteiger partial charge in [0.25, 0.3) is 11.8 Å². The minimum absolute atomic E-state index is 0.0469. The number of carbonyl (C=O) groups is 2. The van der Waals surface area contributed by atoms with Gasteiger partial charge in [0.05, 0.1) is 22.5 Å². The molecule has 0 bridgehead atoms. The first-order valence-electron chi connectivity index (χ1n) is 15.4. The van der Waals surface area contributed by atoms with E-state index in [1.165, 1.54) is 9.75 Å². The van der Waals surface area contributed by atoms with Crippen LogP contribution in [0.25, 0.3) is 32.0 Å². The number of amides is 2. The van der Waals surface area contributed by atoms with Crippen molar-refractivity contribution < 1.29 is 9.59 Å². The zero-order valence-electron chi connectivity index (χ0n) is 24.5. The van der Waals surface area contributed by atoms with Gasteiger partial charge < -0.3 is 9.80 Å². The predicted molar refractivity (Wildman–Crippen MR) is 179 cm³/mol. The molecule has 0 spiro atoms. The molecule has 6 heteroatoms. The summed E-state index contributed by atoms with van der Waals surface area (Å²) in [5, 5.41) is 4.16. The second-order valence-electron chi connectivity index (χ2n) is 11.2. The van der Waals surface area contributed by atoms with Gasteiger partial charge in [-0.15, -0.1) is 22.7 Å². The van der Waals surface area contributed by atoms with E-state index in [0.29, 0.717) is 24.2 Å². The van der Waals surface area contributed by atoms with E-state index < -0.39 is 0 Å². The monoisotopic (exact) mass is 594 g/mol. The standard InChI is InChI=1S/C36H38N2O2S2/c1-3-5-7-9-19-37-29-23-25(31-13-11-21-41-31)15-17-27(29)33(35(37)39)34-28-18-16-26(32-14-12-22-42-32)24-30(28)38(36(34)40)20-10-8-6-4-2/h11-18,21-24H,3-10,19-20H2,1-2H3/b34-33-. The molecule has 0 fully saturated rings. The molecule has 2 amide bonds. The number of benzene rings is 2. The molecule has 0 saturated carbocycles. The van der Waals surface area contributed by atoms with Crippen molar-refractivity contribution in [3.63, 3.8) is 0 Å². The summed E-state index contributed by atoms with van der Waals surface area (Å²) in [7, 11) is 0. The Hall–Kier alpha value is -3.48. The number of fused-ring (bicyclic) bond motifs is 2. The number of anilines is 2. The van der Waals surface area contributed by atoms with Crippen LogP contribution in [0.2, 0.25) is 0 Å². The molecule has 0 atom stereocenters. The molecular formula is C36H38N2O2S2. The lowest BCUT2D eigenvalue weighted by atomic mass is 9.95. The molecule has 216 valence electrons. The van der Waals surface area contributed by atoms with Gasteiger partial charge in [0.1, 0.15) is 0 Å². The highest BCUT2D eigenvalue weighted by Gasteiger charge is 2.42. The molecule has 2 aromatic heterocycles. The van der Waals surface area contributed by atoms with Crippen LogP contribution in [-0.2, 0) is 9.59 Å². The number of unbranched alkanes of at least 4 members (excludes halogenated alkanes) is 6. The topological polar surface area (TPSA) is 40.6 Å². The van der Waals surface area contributed by atoms with Crippen LogP contribution in [0.5, 0.6) is 0 Å².